The molecule has 4 amide bonds. The van der Waals surface area contributed by atoms with Gasteiger partial charge < -0.3 is 34.1 Å². The molecule has 330 valence electrons. The molecule has 5 aliphatic heterocycles. The van der Waals surface area contributed by atoms with E-state index >= 15 is 0 Å². The van der Waals surface area contributed by atoms with Crippen LogP contribution in [0.25, 0.3) is 11.4 Å². The number of nitrogens with zero attached hydrogens (tertiary/aromatic N) is 7. The van der Waals surface area contributed by atoms with E-state index < -0.39 is 53.3 Å². The quantitative estimate of drug-likeness (QED) is 0.264. The van der Waals surface area contributed by atoms with Gasteiger partial charge in [0.2, 0.25) is 17.7 Å². The van der Waals surface area contributed by atoms with Crippen molar-refractivity contribution in [2.24, 2.45) is 17.3 Å². The van der Waals surface area contributed by atoms with Crippen LogP contribution in [0.5, 0.6) is 0 Å². The molecule has 16 nitrogen and oxygen atoms in total. The zero-order valence-electron chi connectivity index (χ0n) is 36.6. The summed E-state index contributed by atoms with van der Waals surface area (Å²) in [6.07, 6.45) is 4.89. The number of likely N-dealkylation sites (N-methyl/N-ethyl adjacent to an activating group) is 1. The fourth-order valence-corrected chi connectivity index (χ4v) is 10.2. The van der Waals surface area contributed by atoms with E-state index in [4.69, 9.17) is 19.4 Å². The van der Waals surface area contributed by atoms with Crippen molar-refractivity contribution in [1.82, 2.24) is 40.1 Å². The first-order valence-electron chi connectivity index (χ1n) is 21.8. The Labute approximate surface area is 363 Å². The van der Waals surface area contributed by atoms with Crippen molar-refractivity contribution in [3.05, 3.63) is 77.9 Å². The highest BCUT2D eigenvalue weighted by atomic mass is 16.5. The van der Waals surface area contributed by atoms with Gasteiger partial charge in [-0.3, -0.25) is 34.0 Å². The molecule has 3 aromatic rings. The Morgan fingerprint density at radius 1 is 1.11 bits per heavy atom. The van der Waals surface area contributed by atoms with Gasteiger partial charge >= 0.3 is 5.97 Å². The first kappa shape index (κ1) is 43.1. The lowest BCUT2D eigenvalue weighted by Crippen LogP contribution is -2.62. The van der Waals surface area contributed by atoms with Crippen LogP contribution < -0.4 is 15.6 Å². The molecule has 5 aliphatic rings. The van der Waals surface area contributed by atoms with Crippen LogP contribution in [0.15, 0.2) is 55.3 Å². The Kier molecular flexibility index (Phi) is 12.0. The topological polar surface area (TPSA) is 172 Å². The smallest absolute Gasteiger partial charge is 0.324 e. The van der Waals surface area contributed by atoms with E-state index in [0.717, 1.165) is 39.7 Å². The number of likely N-dealkylation sites (tertiary alicyclic amines) is 1. The van der Waals surface area contributed by atoms with Crippen LogP contribution in [0, 0.1) is 17.3 Å². The fourth-order valence-electron chi connectivity index (χ4n) is 10.2. The molecule has 1 aromatic carbocycles. The van der Waals surface area contributed by atoms with Crippen molar-refractivity contribution < 1.29 is 33.4 Å². The van der Waals surface area contributed by atoms with Crippen LogP contribution in [0.4, 0.5) is 5.69 Å². The number of fused-ring (bicyclic) bond motifs is 8. The molecule has 0 radical (unpaired) electrons. The maximum Gasteiger partial charge on any atom is 0.324 e. The van der Waals surface area contributed by atoms with E-state index in [0.29, 0.717) is 51.9 Å². The van der Waals surface area contributed by atoms with Gasteiger partial charge in [-0.25, -0.2) is 10.4 Å². The molecule has 0 spiro atoms. The highest BCUT2D eigenvalue weighted by molar-refractivity contribution is 5.93. The molecular formula is C46H59N9O7. The van der Waals surface area contributed by atoms with Gasteiger partial charge in [0.05, 0.1) is 42.2 Å². The number of methoxy groups -OCH3 is 1. The molecule has 6 bridgehead atoms. The first-order valence-corrected chi connectivity index (χ1v) is 21.8. The Morgan fingerprint density at radius 2 is 1.92 bits per heavy atom. The number of benzene rings is 1. The normalized spacial score (nSPS) is 25.0. The monoisotopic (exact) mass is 849 g/mol. The number of cyclic esters (lactones) is 1. The predicted octanol–water partition coefficient (Wildman–Crippen LogP) is 3.37. The zero-order valence-corrected chi connectivity index (χ0v) is 36.6. The number of hydrogen-bond acceptors (Lipinski definition) is 11. The van der Waals surface area contributed by atoms with E-state index in [1.165, 1.54) is 16.0 Å². The SMILES string of the molecule is C=CC(=O)N1CC[C@H](C(=O)N(C)[C@H](C(=O)N[C@H]2Cc3cccc(c3)N3CCc4nc5n(c4C3)C([C@H](OC)c3ncccc3-5)C(C)(C)COC(=O)[C@@H]3CCCN(N3)C2=O)C(C)C)C1. The Hall–Kier alpha value is -5.61. The number of esters is 1. The van der Waals surface area contributed by atoms with Gasteiger partial charge in [0.15, 0.2) is 0 Å². The van der Waals surface area contributed by atoms with Crippen molar-refractivity contribution in [3.63, 3.8) is 0 Å². The van der Waals surface area contributed by atoms with Crippen LogP contribution in [-0.4, -0.2) is 124 Å². The van der Waals surface area contributed by atoms with Crippen molar-refractivity contribution in [3.8, 4) is 11.4 Å². The van der Waals surface area contributed by atoms with Gasteiger partial charge in [-0.2, -0.15) is 0 Å². The molecule has 2 saturated heterocycles. The molecule has 16 heteroatoms. The Balaban J connectivity index is 1.13. The average molecular weight is 850 g/mol. The van der Waals surface area contributed by atoms with Crippen LogP contribution >= 0.6 is 0 Å². The summed E-state index contributed by atoms with van der Waals surface area (Å²) < 4.78 is 14.7. The predicted molar refractivity (Wildman–Crippen MR) is 230 cm³/mol. The molecule has 62 heavy (non-hydrogen) atoms. The minimum Gasteiger partial charge on any atom is -0.464 e. The molecule has 1 unspecified atom stereocenters. The average Bonchev–Trinajstić information content (AvgIpc) is 3.92. The maximum absolute atomic E-state index is 14.7. The van der Waals surface area contributed by atoms with Gasteiger partial charge in [0.25, 0.3) is 5.91 Å². The second kappa shape index (κ2) is 17.3. The number of hydrazine groups is 1. The number of nitrogens with one attached hydrogen (secondary N) is 2. The van der Waals surface area contributed by atoms with Gasteiger partial charge in [-0.05, 0) is 61.1 Å². The van der Waals surface area contributed by atoms with Crippen molar-refractivity contribution in [1.29, 1.82) is 0 Å². The number of carbonyl (C=O) groups excluding carboxylic acids is 5. The maximum atomic E-state index is 14.7. The first-order chi connectivity index (χ1) is 29.7. The van der Waals surface area contributed by atoms with Crippen LogP contribution in [0.1, 0.15) is 81.7 Å². The number of pyridine rings is 1. The number of aromatic nitrogens is 3. The highest BCUT2D eigenvalue weighted by Gasteiger charge is 2.48. The number of imidazole rings is 1. The fraction of sp³-hybridized carbons (Fsp3) is 0.543. The van der Waals surface area contributed by atoms with E-state index in [-0.39, 0.29) is 43.3 Å². The highest BCUT2D eigenvalue weighted by Crippen LogP contribution is 2.51. The number of carbonyl (C=O) groups is 5. The molecule has 6 atom stereocenters. The number of ether oxygens (including phenoxy) is 2. The summed E-state index contributed by atoms with van der Waals surface area (Å²) in [5.41, 5.74) is 8.06. The van der Waals surface area contributed by atoms with Gasteiger partial charge in [0, 0.05) is 76.0 Å². The van der Waals surface area contributed by atoms with E-state index in [9.17, 15) is 24.0 Å². The molecule has 8 rings (SSSR count). The number of amides is 4. The second-order valence-corrected chi connectivity index (χ2v) is 18.4. The van der Waals surface area contributed by atoms with Crippen LogP contribution in [0.2, 0.25) is 0 Å². The summed E-state index contributed by atoms with van der Waals surface area (Å²) in [4.78, 5) is 84.6. The Bertz CT molecular complexity index is 2260. The largest absolute Gasteiger partial charge is 0.464 e. The number of anilines is 1. The summed E-state index contributed by atoms with van der Waals surface area (Å²) in [5.74, 6) is -1.75. The van der Waals surface area contributed by atoms with Crippen LogP contribution in [0.3, 0.4) is 0 Å². The van der Waals surface area contributed by atoms with Crippen molar-refractivity contribution >= 4 is 35.3 Å². The zero-order chi connectivity index (χ0) is 44.0. The molecule has 0 aliphatic carbocycles. The molecule has 2 aromatic heterocycles. The van der Waals surface area contributed by atoms with Crippen molar-refractivity contribution in [2.75, 3.05) is 51.8 Å². The van der Waals surface area contributed by atoms with Crippen LogP contribution in [-0.2, 0) is 52.8 Å². The van der Waals surface area contributed by atoms with Gasteiger partial charge in [-0.1, -0.05) is 46.4 Å². The van der Waals surface area contributed by atoms with E-state index in [2.05, 4.69) is 52.8 Å². The van der Waals surface area contributed by atoms with Gasteiger partial charge in [-0.15, -0.1) is 0 Å². The lowest BCUT2D eigenvalue weighted by atomic mass is 9.78. The molecule has 7 heterocycles. The number of hydrogen-bond donors (Lipinski definition) is 2. The molecule has 2 N–H and O–H groups in total. The minimum atomic E-state index is -1.04. The summed E-state index contributed by atoms with van der Waals surface area (Å²) in [6.45, 7) is 13.8. The standard InChI is InChI=1S/C46H59N9O7/c1-8-36(56)53-20-16-29(24-53)43(58)51(6)38(27(2)3)42(57)49-34-23-28-12-9-13-30(22-28)52-21-17-32-35(25-52)55-40(39(61-7)37-31(41(55)48-32)14-10-18-47-37)46(4,5)26-62-45(60)33-15-11-19-54(50-33)44(34)59/h8-10,12-14,18,22,27,29,33-34,38-40,50H,1,11,15-17,19-21,23-26H2,2-7H3,(H,49,57)/t29-,33-,34-,38-,39+,40?/m0/s1. The van der Waals surface area contributed by atoms with E-state index in [1.54, 1.807) is 25.3 Å². The summed E-state index contributed by atoms with van der Waals surface area (Å²) in [6, 6.07) is 8.95. The lowest BCUT2D eigenvalue weighted by molar-refractivity contribution is -0.157. The minimum absolute atomic E-state index is 0.0633. The molecular weight excluding hydrogens is 791 g/mol. The summed E-state index contributed by atoms with van der Waals surface area (Å²) >= 11 is 0. The lowest BCUT2D eigenvalue weighted by Gasteiger charge is -2.44. The van der Waals surface area contributed by atoms with Gasteiger partial charge in [0.1, 0.15) is 30.1 Å². The molecule has 0 saturated carbocycles. The summed E-state index contributed by atoms with van der Waals surface area (Å²) in [7, 11) is 3.30. The van der Waals surface area contributed by atoms with E-state index in [1.807, 2.05) is 38.1 Å². The third-order valence-corrected chi connectivity index (χ3v) is 13.4. The number of rotatable bonds is 7. The second-order valence-electron chi connectivity index (χ2n) is 18.4. The molecule has 2 fully saturated rings. The van der Waals surface area contributed by atoms with Crippen molar-refractivity contribution in [2.45, 2.75) is 96.6 Å². The summed E-state index contributed by atoms with van der Waals surface area (Å²) in [5, 5.41) is 4.49. The third-order valence-electron chi connectivity index (χ3n) is 13.4. The Morgan fingerprint density at radius 3 is 2.68 bits per heavy atom. The third kappa shape index (κ3) is 7.98.